The summed E-state index contributed by atoms with van der Waals surface area (Å²) in [6.45, 7) is 6.09. The van der Waals surface area contributed by atoms with Crippen molar-refractivity contribution in [3.8, 4) is 0 Å². The average molecular weight is 400 g/mol. The van der Waals surface area contributed by atoms with Crippen LogP contribution in [0.25, 0.3) is 0 Å². The Morgan fingerprint density at radius 1 is 1.17 bits per heavy atom. The monoisotopic (exact) mass is 400 g/mol. The first kappa shape index (κ1) is 19.6. The number of nitrogens with zero attached hydrogens (tertiary/aromatic N) is 5. The molecule has 4 rings (SSSR count). The van der Waals surface area contributed by atoms with Gasteiger partial charge in [0, 0.05) is 44.6 Å². The number of fused-ring (bicyclic) bond motifs is 2. The SMILES string of the molecule is COCC(=O)N1CCc2[nH]cnc2C12CCN(C(=O)Cn1cnc(C)c1C)CC2. The van der Waals surface area contributed by atoms with Gasteiger partial charge in [-0.15, -0.1) is 0 Å². The smallest absolute Gasteiger partial charge is 0.249 e. The molecular formula is C20H28N6O3. The Balaban J connectivity index is 1.52. The highest BCUT2D eigenvalue weighted by molar-refractivity contribution is 5.79. The fourth-order valence-corrected chi connectivity index (χ4v) is 4.62. The van der Waals surface area contributed by atoms with E-state index >= 15 is 0 Å². The van der Waals surface area contributed by atoms with Crippen LogP contribution in [-0.2, 0) is 32.8 Å². The number of hydrogen-bond acceptors (Lipinski definition) is 5. The topological polar surface area (TPSA) is 96.4 Å². The first-order chi connectivity index (χ1) is 14.0. The number of methoxy groups -OCH3 is 1. The molecule has 2 amide bonds. The van der Waals surface area contributed by atoms with Crippen molar-refractivity contribution in [2.75, 3.05) is 33.4 Å². The largest absolute Gasteiger partial charge is 0.375 e. The molecule has 1 spiro atoms. The molecule has 1 N–H and O–H groups in total. The molecule has 2 aliphatic rings. The predicted octanol–water partition coefficient (Wildman–Crippen LogP) is 0.772. The standard InChI is InChI=1S/C20H28N6O3/c1-14-15(2)25(13-23-14)10-17(27)24-8-5-20(6-9-24)19-16(21-12-22-19)4-7-26(20)18(28)11-29-3/h12-13H,4-11H2,1-3H3,(H,21,22). The number of carbonyl (C=O) groups is 2. The van der Waals surface area contributed by atoms with Crippen molar-refractivity contribution >= 4 is 11.8 Å². The van der Waals surface area contributed by atoms with E-state index in [2.05, 4.69) is 15.0 Å². The molecule has 2 aromatic rings. The third-order valence-corrected chi connectivity index (χ3v) is 6.42. The lowest BCUT2D eigenvalue weighted by Crippen LogP contribution is -2.59. The summed E-state index contributed by atoms with van der Waals surface area (Å²) in [4.78, 5) is 41.5. The number of carbonyl (C=O) groups excluding carboxylic acids is 2. The molecule has 4 heterocycles. The Hall–Kier alpha value is -2.68. The minimum atomic E-state index is -0.471. The van der Waals surface area contributed by atoms with E-state index in [4.69, 9.17) is 4.74 Å². The van der Waals surface area contributed by atoms with E-state index in [1.807, 2.05) is 28.2 Å². The molecule has 1 fully saturated rings. The molecule has 1 saturated heterocycles. The number of aryl methyl sites for hydroxylation is 1. The Morgan fingerprint density at radius 3 is 2.59 bits per heavy atom. The second-order valence-corrected chi connectivity index (χ2v) is 7.91. The number of rotatable bonds is 4. The van der Waals surface area contributed by atoms with Crippen molar-refractivity contribution < 1.29 is 14.3 Å². The molecule has 156 valence electrons. The summed E-state index contributed by atoms with van der Waals surface area (Å²) in [6, 6.07) is 0. The molecular weight excluding hydrogens is 372 g/mol. The van der Waals surface area contributed by atoms with E-state index in [9.17, 15) is 9.59 Å². The molecule has 2 aliphatic heterocycles. The first-order valence-corrected chi connectivity index (χ1v) is 10.0. The van der Waals surface area contributed by atoms with E-state index in [-0.39, 0.29) is 18.4 Å². The fourth-order valence-electron chi connectivity index (χ4n) is 4.62. The second-order valence-electron chi connectivity index (χ2n) is 7.91. The van der Waals surface area contributed by atoms with Gasteiger partial charge in [0.05, 0.1) is 29.6 Å². The van der Waals surface area contributed by atoms with Gasteiger partial charge in [-0.25, -0.2) is 9.97 Å². The maximum absolute atomic E-state index is 12.9. The van der Waals surface area contributed by atoms with Crippen molar-refractivity contribution in [1.82, 2.24) is 29.3 Å². The van der Waals surface area contributed by atoms with Crippen LogP contribution in [-0.4, -0.2) is 74.5 Å². The summed E-state index contributed by atoms with van der Waals surface area (Å²) in [5.41, 5.74) is 3.52. The summed E-state index contributed by atoms with van der Waals surface area (Å²) < 4.78 is 7.00. The zero-order valence-electron chi connectivity index (χ0n) is 17.3. The van der Waals surface area contributed by atoms with Gasteiger partial charge in [0.15, 0.2) is 0 Å². The Kier molecular flexibility index (Phi) is 5.16. The lowest BCUT2D eigenvalue weighted by atomic mass is 9.78. The van der Waals surface area contributed by atoms with Gasteiger partial charge >= 0.3 is 0 Å². The van der Waals surface area contributed by atoms with E-state index in [1.54, 1.807) is 12.7 Å². The lowest BCUT2D eigenvalue weighted by Gasteiger charge is -2.50. The summed E-state index contributed by atoms with van der Waals surface area (Å²) in [7, 11) is 1.54. The summed E-state index contributed by atoms with van der Waals surface area (Å²) >= 11 is 0. The molecule has 0 radical (unpaired) electrons. The van der Waals surface area contributed by atoms with Crippen LogP contribution in [0.4, 0.5) is 0 Å². The van der Waals surface area contributed by atoms with Gasteiger partial charge in [0.1, 0.15) is 13.2 Å². The van der Waals surface area contributed by atoms with Crippen molar-refractivity contribution in [1.29, 1.82) is 0 Å². The number of imidazole rings is 2. The number of aromatic amines is 1. The molecule has 0 aliphatic carbocycles. The number of ether oxygens (including phenoxy) is 1. The van der Waals surface area contributed by atoms with Crippen molar-refractivity contribution in [2.45, 2.75) is 45.2 Å². The number of amides is 2. The molecule has 29 heavy (non-hydrogen) atoms. The van der Waals surface area contributed by atoms with Gasteiger partial charge in [0.2, 0.25) is 11.8 Å². The van der Waals surface area contributed by atoms with Crippen LogP contribution >= 0.6 is 0 Å². The van der Waals surface area contributed by atoms with Gasteiger partial charge in [-0.2, -0.15) is 0 Å². The Bertz CT molecular complexity index is 909. The summed E-state index contributed by atoms with van der Waals surface area (Å²) in [5, 5.41) is 0. The van der Waals surface area contributed by atoms with Crippen LogP contribution in [0.3, 0.4) is 0 Å². The Morgan fingerprint density at radius 2 is 1.93 bits per heavy atom. The molecule has 0 atom stereocenters. The van der Waals surface area contributed by atoms with E-state index in [1.165, 1.54) is 7.11 Å². The quantitative estimate of drug-likeness (QED) is 0.818. The van der Waals surface area contributed by atoms with Crippen LogP contribution in [0.1, 0.15) is 35.6 Å². The normalized spacial score (nSPS) is 18.2. The predicted molar refractivity (Wildman–Crippen MR) is 105 cm³/mol. The van der Waals surface area contributed by atoms with Gasteiger partial charge in [-0.3, -0.25) is 9.59 Å². The van der Waals surface area contributed by atoms with E-state index < -0.39 is 5.54 Å². The molecule has 0 saturated carbocycles. The van der Waals surface area contributed by atoms with Crippen molar-refractivity contribution in [3.05, 3.63) is 35.4 Å². The molecule has 0 bridgehead atoms. The van der Waals surface area contributed by atoms with Gasteiger partial charge in [0.25, 0.3) is 0 Å². The number of likely N-dealkylation sites (tertiary alicyclic amines) is 1. The van der Waals surface area contributed by atoms with Crippen LogP contribution in [0, 0.1) is 13.8 Å². The van der Waals surface area contributed by atoms with Gasteiger partial charge in [-0.1, -0.05) is 0 Å². The highest BCUT2D eigenvalue weighted by atomic mass is 16.5. The molecule has 0 aromatic carbocycles. The average Bonchev–Trinajstić information content (AvgIpc) is 3.32. The highest BCUT2D eigenvalue weighted by Gasteiger charge is 2.49. The van der Waals surface area contributed by atoms with Crippen LogP contribution in [0.15, 0.2) is 12.7 Å². The minimum Gasteiger partial charge on any atom is -0.375 e. The number of H-pyrrole nitrogens is 1. The number of nitrogens with one attached hydrogen (secondary N) is 1. The second kappa shape index (κ2) is 7.62. The third-order valence-electron chi connectivity index (χ3n) is 6.42. The van der Waals surface area contributed by atoms with Crippen LogP contribution < -0.4 is 0 Å². The zero-order chi connectivity index (χ0) is 20.6. The van der Waals surface area contributed by atoms with E-state index in [0.29, 0.717) is 39.0 Å². The van der Waals surface area contributed by atoms with Crippen LogP contribution in [0.5, 0.6) is 0 Å². The fraction of sp³-hybridized carbons (Fsp3) is 0.600. The van der Waals surface area contributed by atoms with E-state index in [0.717, 1.165) is 29.2 Å². The zero-order valence-corrected chi connectivity index (χ0v) is 17.3. The summed E-state index contributed by atoms with van der Waals surface area (Å²) in [5.74, 6) is 0.0543. The van der Waals surface area contributed by atoms with Crippen LogP contribution in [0.2, 0.25) is 0 Å². The third kappa shape index (κ3) is 3.33. The Labute approximate surface area is 170 Å². The maximum atomic E-state index is 12.9. The molecule has 9 heteroatoms. The maximum Gasteiger partial charge on any atom is 0.249 e. The highest BCUT2D eigenvalue weighted by Crippen LogP contribution is 2.42. The van der Waals surface area contributed by atoms with Crippen molar-refractivity contribution in [2.24, 2.45) is 0 Å². The number of piperidine rings is 1. The van der Waals surface area contributed by atoms with Gasteiger partial charge < -0.3 is 24.1 Å². The minimum absolute atomic E-state index is 0.0227. The molecule has 9 nitrogen and oxygen atoms in total. The lowest BCUT2D eigenvalue weighted by molar-refractivity contribution is -0.148. The number of aromatic nitrogens is 4. The summed E-state index contributed by atoms with van der Waals surface area (Å²) in [6.07, 6.45) is 5.53. The van der Waals surface area contributed by atoms with Crippen molar-refractivity contribution in [3.63, 3.8) is 0 Å². The van der Waals surface area contributed by atoms with Gasteiger partial charge in [-0.05, 0) is 26.7 Å². The molecule has 0 unspecified atom stereocenters. The number of hydrogen-bond donors (Lipinski definition) is 1. The first-order valence-electron chi connectivity index (χ1n) is 10.0. The molecule has 2 aromatic heterocycles.